The summed E-state index contributed by atoms with van der Waals surface area (Å²) >= 11 is 0. The lowest BCUT2D eigenvalue weighted by molar-refractivity contribution is -0.136. The van der Waals surface area contributed by atoms with Crippen LogP contribution in [0.3, 0.4) is 0 Å². The van der Waals surface area contributed by atoms with Crippen LogP contribution in [0.25, 0.3) is 0 Å². The van der Waals surface area contributed by atoms with Gasteiger partial charge in [0.1, 0.15) is 0 Å². The minimum Gasteiger partial charge on any atom is -0.341 e. The first-order valence-electron chi connectivity index (χ1n) is 7.14. The molecule has 1 aliphatic rings. The van der Waals surface area contributed by atoms with Crippen molar-refractivity contribution in [1.29, 1.82) is 0 Å². The smallest absolute Gasteiger partial charge is 0.225 e. The Hall–Kier alpha value is -1.35. The maximum Gasteiger partial charge on any atom is 0.225 e. The molecule has 0 saturated carbocycles. The van der Waals surface area contributed by atoms with Gasteiger partial charge < -0.3 is 10.6 Å². The summed E-state index contributed by atoms with van der Waals surface area (Å²) in [7, 11) is 0. The number of nitrogens with zero attached hydrogens (tertiary/aromatic N) is 1. The van der Waals surface area contributed by atoms with E-state index in [2.05, 4.69) is 24.3 Å². The molecule has 2 atom stereocenters. The summed E-state index contributed by atoms with van der Waals surface area (Å²) < 4.78 is 0. The van der Waals surface area contributed by atoms with Gasteiger partial charge in [-0.05, 0) is 24.3 Å². The molecule has 1 aromatic carbocycles. The number of nitrogens with two attached hydrogens (primary N) is 1. The van der Waals surface area contributed by atoms with Crippen LogP contribution < -0.4 is 5.73 Å². The summed E-state index contributed by atoms with van der Waals surface area (Å²) in [5.41, 5.74) is 7.45. The molecule has 19 heavy (non-hydrogen) atoms. The molecular formula is C16H24N2O. The second kappa shape index (κ2) is 6.20. The maximum absolute atomic E-state index is 12.1. The van der Waals surface area contributed by atoms with Crippen molar-refractivity contribution in [3.05, 3.63) is 35.9 Å². The van der Waals surface area contributed by atoms with E-state index in [1.54, 1.807) is 0 Å². The normalized spacial score (nSPS) is 23.7. The van der Waals surface area contributed by atoms with Crippen molar-refractivity contribution in [3.63, 3.8) is 0 Å². The quantitative estimate of drug-likeness (QED) is 0.904. The van der Waals surface area contributed by atoms with Gasteiger partial charge >= 0.3 is 0 Å². The first-order chi connectivity index (χ1) is 9.06. The van der Waals surface area contributed by atoms with Gasteiger partial charge in [-0.3, -0.25) is 4.79 Å². The predicted molar refractivity (Wildman–Crippen MR) is 77.6 cm³/mol. The Morgan fingerprint density at radius 2 is 2.00 bits per heavy atom. The number of rotatable bonds is 3. The largest absolute Gasteiger partial charge is 0.341 e. The molecule has 1 fully saturated rings. The molecule has 1 aromatic rings. The highest BCUT2D eigenvalue weighted by molar-refractivity contribution is 5.78. The van der Waals surface area contributed by atoms with Crippen molar-refractivity contribution in [2.75, 3.05) is 13.1 Å². The summed E-state index contributed by atoms with van der Waals surface area (Å²) in [6.07, 6.45) is 2.02. The molecule has 2 N–H and O–H groups in total. The van der Waals surface area contributed by atoms with Gasteiger partial charge in [0.15, 0.2) is 0 Å². The molecule has 2 unspecified atom stereocenters. The molecule has 3 nitrogen and oxygen atoms in total. The van der Waals surface area contributed by atoms with E-state index in [-0.39, 0.29) is 17.9 Å². The second-order valence-electron chi connectivity index (χ2n) is 5.95. The number of piperidine rings is 1. The number of carbonyl (C=O) groups excluding carboxylic acids is 1. The molecule has 0 aromatic heterocycles. The molecule has 1 amide bonds. The van der Waals surface area contributed by atoms with E-state index in [0.29, 0.717) is 12.5 Å². The number of hydrogen-bond acceptors (Lipinski definition) is 2. The number of amides is 1. The molecule has 0 radical (unpaired) electrons. The SMILES string of the molecule is CC(C)C(=O)N1CC(N)CC(Cc2ccccc2)C1. The van der Waals surface area contributed by atoms with E-state index >= 15 is 0 Å². The summed E-state index contributed by atoms with van der Waals surface area (Å²) in [4.78, 5) is 14.1. The Bertz CT molecular complexity index is 416. The fourth-order valence-corrected chi connectivity index (χ4v) is 2.89. The van der Waals surface area contributed by atoms with Gasteiger partial charge in [-0.15, -0.1) is 0 Å². The Morgan fingerprint density at radius 3 is 2.63 bits per heavy atom. The van der Waals surface area contributed by atoms with Gasteiger partial charge in [-0.2, -0.15) is 0 Å². The van der Waals surface area contributed by atoms with Crippen molar-refractivity contribution in [2.45, 2.75) is 32.7 Å². The van der Waals surface area contributed by atoms with Crippen LogP contribution in [0.2, 0.25) is 0 Å². The number of likely N-dealkylation sites (tertiary alicyclic amines) is 1. The van der Waals surface area contributed by atoms with Crippen molar-refractivity contribution >= 4 is 5.91 Å². The molecule has 1 aliphatic heterocycles. The Kier molecular flexibility index (Phi) is 4.59. The fourth-order valence-electron chi connectivity index (χ4n) is 2.89. The highest BCUT2D eigenvalue weighted by atomic mass is 16.2. The first kappa shape index (κ1) is 14.1. The van der Waals surface area contributed by atoms with Crippen LogP contribution in [-0.2, 0) is 11.2 Å². The molecule has 0 bridgehead atoms. The van der Waals surface area contributed by atoms with E-state index in [0.717, 1.165) is 19.4 Å². The van der Waals surface area contributed by atoms with Gasteiger partial charge in [0, 0.05) is 25.0 Å². The van der Waals surface area contributed by atoms with Crippen molar-refractivity contribution in [1.82, 2.24) is 4.90 Å². The topological polar surface area (TPSA) is 46.3 Å². The predicted octanol–water partition coefficient (Wildman–Crippen LogP) is 2.06. The van der Waals surface area contributed by atoms with Gasteiger partial charge in [-0.25, -0.2) is 0 Å². The fraction of sp³-hybridized carbons (Fsp3) is 0.562. The molecule has 1 saturated heterocycles. The number of benzene rings is 1. The second-order valence-corrected chi connectivity index (χ2v) is 5.95. The van der Waals surface area contributed by atoms with Crippen molar-refractivity contribution in [2.24, 2.45) is 17.6 Å². The highest BCUT2D eigenvalue weighted by Gasteiger charge is 2.29. The van der Waals surface area contributed by atoms with Crippen molar-refractivity contribution < 1.29 is 4.79 Å². The van der Waals surface area contributed by atoms with Gasteiger partial charge in [-0.1, -0.05) is 44.2 Å². The lowest BCUT2D eigenvalue weighted by atomic mass is 9.88. The monoisotopic (exact) mass is 260 g/mol. The van der Waals surface area contributed by atoms with E-state index in [4.69, 9.17) is 5.73 Å². The molecule has 0 aliphatic carbocycles. The average molecular weight is 260 g/mol. The summed E-state index contributed by atoms with van der Waals surface area (Å²) in [6.45, 7) is 5.46. The Labute approximate surface area is 115 Å². The third-order valence-electron chi connectivity index (χ3n) is 3.74. The molecular weight excluding hydrogens is 236 g/mol. The van der Waals surface area contributed by atoms with E-state index in [1.807, 2.05) is 24.8 Å². The third-order valence-corrected chi connectivity index (χ3v) is 3.74. The molecule has 2 rings (SSSR count). The number of carbonyl (C=O) groups is 1. The van der Waals surface area contributed by atoms with Crippen LogP contribution in [0.1, 0.15) is 25.8 Å². The lowest BCUT2D eigenvalue weighted by Crippen LogP contribution is -2.51. The van der Waals surface area contributed by atoms with E-state index in [1.165, 1.54) is 5.56 Å². The molecule has 1 heterocycles. The summed E-state index contributed by atoms with van der Waals surface area (Å²) in [5.74, 6) is 0.768. The zero-order valence-corrected chi connectivity index (χ0v) is 11.9. The van der Waals surface area contributed by atoms with E-state index in [9.17, 15) is 4.79 Å². The highest BCUT2D eigenvalue weighted by Crippen LogP contribution is 2.21. The Morgan fingerprint density at radius 1 is 1.32 bits per heavy atom. The zero-order chi connectivity index (χ0) is 13.8. The summed E-state index contributed by atoms with van der Waals surface area (Å²) in [6, 6.07) is 10.6. The molecule has 104 valence electrons. The molecule has 0 spiro atoms. The van der Waals surface area contributed by atoms with Crippen LogP contribution in [0.4, 0.5) is 0 Å². The van der Waals surface area contributed by atoms with Crippen LogP contribution in [0, 0.1) is 11.8 Å². The minimum absolute atomic E-state index is 0.0580. The van der Waals surface area contributed by atoms with Crippen LogP contribution >= 0.6 is 0 Å². The van der Waals surface area contributed by atoms with Crippen LogP contribution in [0.15, 0.2) is 30.3 Å². The van der Waals surface area contributed by atoms with E-state index < -0.39 is 0 Å². The van der Waals surface area contributed by atoms with Crippen LogP contribution in [-0.4, -0.2) is 29.9 Å². The number of hydrogen-bond donors (Lipinski definition) is 1. The minimum atomic E-state index is 0.0580. The standard InChI is InChI=1S/C16H24N2O/c1-12(2)16(19)18-10-14(9-15(17)11-18)8-13-6-4-3-5-7-13/h3-7,12,14-15H,8-11,17H2,1-2H3. The third kappa shape index (κ3) is 3.80. The summed E-state index contributed by atoms with van der Waals surface area (Å²) in [5, 5.41) is 0. The zero-order valence-electron chi connectivity index (χ0n) is 11.9. The van der Waals surface area contributed by atoms with Crippen molar-refractivity contribution in [3.8, 4) is 0 Å². The van der Waals surface area contributed by atoms with Crippen LogP contribution in [0.5, 0.6) is 0 Å². The molecule has 3 heteroatoms. The maximum atomic E-state index is 12.1. The lowest BCUT2D eigenvalue weighted by Gasteiger charge is -2.37. The van der Waals surface area contributed by atoms with Gasteiger partial charge in [0.25, 0.3) is 0 Å². The first-order valence-corrected chi connectivity index (χ1v) is 7.14. The van der Waals surface area contributed by atoms with Gasteiger partial charge in [0.2, 0.25) is 5.91 Å². The van der Waals surface area contributed by atoms with Gasteiger partial charge in [0.05, 0.1) is 0 Å². The average Bonchev–Trinajstić information content (AvgIpc) is 2.38. The Balaban J connectivity index is 2.00.